The summed E-state index contributed by atoms with van der Waals surface area (Å²) >= 11 is 0. The average Bonchev–Trinajstić information content (AvgIpc) is 2.05. The molecule has 1 aliphatic carbocycles. The highest BCUT2D eigenvalue weighted by atomic mass is 16.6. The first-order chi connectivity index (χ1) is 4.97. The van der Waals surface area contributed by atoms with Crippen molar-refractivity contribution in [3.05, 3.63) is 11.6 Å². The molecule has 2 heteroatoms. The highest BCUT2D eigenvalue weighted by Crippen LogP contribution is 2.25. The summed E-state index contributed by atoms with van der Waals surface area (Å²) in [5, 5.41) is 3.77. The Kier molecular flexibility index (Phi) is 1.46. The fourth-order valence-electron chi connectivity index (χ4n) is 1.54. The van der Waals surface area contributed by atoms with Gasteiger partial charge in [0, 0.05) is 5.92 Å². The van der Waals surface area contributed by atoms with Crippen molar-refractivity contribution in [1.82, 2.24) is 0 Å². The number of hydrogen-bond donors (Lipinski definition) is 0. The lowest BCUT2D eigenvalue weighted by atomic mass is 9.89. The van der Waals surface area contributed by atoms with Crippen LogP contribution in [-0.2, 0) is 4.84 Å². The molecule has 0 aromatic heterocycles. The minimum atomic E-state index is 0.645. The van der Waals surface area contributed by atoms with Gasteiger partial charge in [0.15, 0.2) is 0 Å². The van der Waals surface area contributed by atoms with Gasteiger partial charge >= 0.3 is 0 Å². The van der Waals surface area contributed by atoms with Crippen molar-refractivity contribution in [3.63, 3.8) is 0 Å². The lowest BCUT2D eigenvalue weighted by molar-refractivity contribution is 0.106. The molecule has 0 fully saturated rings. The Hall–Kier alpha value is -0.790. The van der Waals surface area contributed by atoms with Gasteiger partial charge in [-0.3, -0.25) is 0 Å². The number of hydrogen-bond acceptors (Lipinski definition) is 2. The summed E-state index contributed by atoms with van der Waals surface area (Å²) in [6.45, 7) is 0.794. The van der Waals surface area contributed by atoms with Gasteiger partial charge in [-0.1, -0.05) is 11.2 Å². The van der Waals surface area contributed by atoms with Crippen LogP contribution >= 0.6 is 0 Å². The summed E-state index contributed by atoms with van der Waals surface area (Å²) in [5.41, 5.74) is 1.39. The second-order valence-corrected chi connectivity index (χ2v) is 2.86. The molecule has 2 nitrogen and oxygen atoms in total. The zero-order valence-corrected chi connectivity index (χ0v) is 5.92. The maximum absolute atomic E-state index is 4.97. The topological polar surface area (TPSA) is 21.6 Å². The molecule has 1 unspecified atom stereocenters. The van der Waals surface area contributed by atoms with Gasteiger partial charge in [-0.05, 0) is 24.8 Å². The molecule has 0 aromatic carbocycles. The average molecular weight is 137 g/mol. The lowest BCUT2D eigenvalue weighted by Gasteiger charge is -2.23. The van der Waals surface area contributed by atoms with Crippen molar-refractivity contribution in [2.24, 2.45) is 11.1 Å². The molecule has 2 aliphatic rings. The monoisotopic (exact) mass is 137 g/mol. The molecular formula is C8H11NO. The fraction of sp³-hybridized carbons (Fsp3) is 0.625. The molecular weight excluding hydrogens is 126 g/mol. The van der Waals surface area contributed by atoms with E-state index in [0.29, 0.717) is 5.92 Å². The van der Waals surface area contributed by atoms with Crippen LogP contribution in [-0.4, -0.2) is 12.8 Å². The summed E-state index contributed by atoms with van der Waals surface area (Å²) < 4.78 is 0. The van der Waals surface area contributed by atoms with E-state index >= 15 is 0 Å². The van der Waals surface area contributed by atoms with Crippen LogP contribution in [0.1, 0.15) is 19.3 Å². The van der Waals surface area contributed by atoms with Gasteiger partial charge < -0.3 is 4.84 Å². The number of allylic oxidation sites excluding steroid dienone is 1. The van der Waals surface area contributed by atoms with Crippen LogP contribution in [0.25, 0.3) is 0 Å². The standard InChI is InChI=1S/C8H11NO/c1-2-4-8-6-10-9-5-7(8)3-1/h3,5,8H,1-2,4,6H2. The minimum Gasteiger partial charge on any atom is -0.395 e. The van der Waals surface area contributed by atoms with Crippen LogP contribution in [0.4, 0.5) is 0 Å². The number of rotatable bonds is 0. The van der Waals surface area contributed by atoms with Crippen molar-refractivity contribution in [3.8, 4) is 0 Å². The van der Waals surface area contributed by atoms with Crippen LogP contribution in [0.2, 0.25) is 0 Å². The van der Waals surface area contributed by atoms with Crippen LogP contribution < -0.4 is 0 Å². The molecule has 0 radical (unpaired) electrons. The second-order valence-electron chi connectivity index (χ2n) is 2.86. The maximum atomic E-state index is 4.97. The molecule has 2 rings (SSSR count). The molecule has 0 spiro atoms. The van der Waals surface area contributed by atoms with Crippen LogP contribution in [0.15, 0.2) is 16.8 Å². The van der Waals surface area contributed by atoms with Gasteiger partial charge in [0.05, 0.1) is 6.21 Å². The first kappa shape index (κ1) is 5.96. The van der Waals surface area contributed by atoms with E-state index in [1.165, 1.54) is 24.8 Å². The third-order valence-electron chi connectivity index (χ3n) is 2.16. The SMILES string of the molecule is C1=NOCC2CCCC=C12. The van der Waals surface area contributed by atoms with Crippen molar-refractivity contribution < 1.29 is 4.84 Å². The van der Waals surface area contributed by atoms with Gasteiger partial charge in [-0.15, -0.1) is 0 Å². The normalized spacial score (nSPS) is 30.4. The summed E-state index contributed by atoms with van der Waals surface area (Å²) in [5.74, 6) is 0.645. The number of oxime groups is 1. The Balaban J connectivity index is 2.21. The van der Waals surface area contributed by atoms with Crippen molar-refractivity contribution in [2.75, 3.05) is 6.61 Å². The van der Waals surface area contributed by atoms with Gasteiger partial charge in [0.25, 0.3) is 0 Å². The van der Waals surface area contributed by atoms with Crippen LogP contribution in [0.3, 0.4) is 0 Å². The predicted molar refractivity (Wildman–Crippen MR) is 39.9 cm³/mol. The highest BCUT2D eigenvalue weighted by Gasteiger charge is 2.19. The fourth-order valence-corrected chi connectivity index (χ4v) is 1.54. The van der Waals surface area contributed by atoms with Crippen molar-refractivity contribution in [1.29, 1.82) is 0 Å². The molecule has 1 atom stereocenters. The van der Waals surface area contributed by atoms with E-state index in [4.69, 9.17) is 4.84 Å². The first-order valence-corrected chi connectivity index (χ1v) is 3.82. The van der Waals surface area contributed by atoms with Crippen LogP contribution in [0.5, 0.6) is 0 Å². The molecule has 1 aliphatic heterocycles. The molecule has 0 amide bonds. The molecule has 0 aromatic rings. The Morgan fingerprint density at radius 2 is 2.60 bits per heavy atom. The van der Waals surface area contributed by atoms with E-state index < -0.39 is 0 Å². The van der Waals surface area contributed by atoms with E-state index in [1.807, 2.05) is 6.21 Å². The third kappa shape index (κ3) is 0.939. The molecule has 0 saturated heterocycles. The Bertz CT molecular complexity index is 184. The Labute approximate surface area is 60.6 Å². The third-order valence-corrected chi connectivity index (χ3v) is 2.16. The van der Waals surface area contributed by atoms with Gasteiger partial charge in [-0.25, -0.2) is 0 Å². The molecule has 10 heavy (non-hydrogen) atoms. The second kappa shape index (κ2) is 2.45. The van der Waals surface area contributed by atoms with E-state index in [9.17, 15) is 0 Å². The lowest BCUT2D eigenvalue weighted by Crippen LogP contribution is -2.18. The number of nitrogens with zero attached hydrogens (tertiary/aromatic N) is 1. The molecule has 54 valence electrons. The predicted octanol–water partition coefficient (Wildman–Crippen LogP) is 1.73. The van der Waals surface area contributed by atoms with E-state index in [-0.39, 0.29) is 0 Å². The van der Waals surface area contributed by atoms with Gasteiger partial charge in [0.2, 0.25) is 0 Å². The Morgan fingerprint density at radius 3 is 3.50 bits per heavy atom. The zero-order valence-electron chi connectivity index (χ0n) is 5.92. The first-order valence-electron chi connectivity index (χ1n) is 3.82. The van der Waals surface area contributed by atoms with E-state index in [0.717, 1.165) is 6.61 Å². The van der Waals surface area contributed by atoms with E-state index in [1.54, 1.807) is 0 Å². The van der Waals surface area contributed by atoms with Gasteiger partial charge in [0.1, 0.15) is 6.61 Å². The molecule has 0 bridgehead atoms. The van der Waals surface area contributed by atoms with Crippen LogP contribution in [0, 0.1) is 5.92 Å². The molecule has 0 N–H and O–H groups in total. The smallest absolute Gasteiger partial charge is 0.124 e. The van der Waals surface area contributed by atoms with Crippen molar-refractivity contribution in [2.45, 2.75) is 19.3 Å². The summed E-state index contributed by atoms with van der Waals surface area (Å²) in [7, 11) is 0. The summed E-state index contributed by atoms with van der Waals surface area (Å²) in [6.07, 6.45) is 7.94. The Morgan fingerprint density at radius 1 is 1.60 bits per heavy atom. The van der Waals surface area contributed by atoms with Gasteiger partial charge in [-0.2, -0.15) is 0 Å². The summed E-state index contributed by atoms with van der Waals surface area (Å²) in [6, 6.07) is 0. The number of fused-ring (bicyclic) bond motifs is 1. The zero-order chi connectivity index (χ0) is 6.81. The minimum absolute atomic E-state index is 0.645. The highest BCUT2D eigenvalue weighted by molar-refractivity contribution is 5.79. The quantitative estimate of drug-likeness (QED) is 0.498. The summed E-state index contributed by atoms with van der Waals surface area (Å²) in [4.78, 5) is 4.97. The molecule has 0 saturated carbocycles. The van der Waals surface area contributed by atoms with Crippen molar-refractivity contribution >= 4 is 6.21 Å². The molecule has 1 heterocycles. The van der Waals surface area contributed by atoms with E-state index in [2.05, 4.69) is 11.2 Å². The largest absolute Gasteiger partial charge is 0.395 e. The maximum Gasteiger partial charge on any atom is 0.124 e.